The second kappa shape index (κ2) is 5.32. The van der Waals surface area contributed by atoms with Gasteiger partial charge in [-0.2, -0.15) is 0 Å². The predicted octanol–water partition coefficient (Wildman–Crippen LogP) is 2.09. The van der Waals surface area contributed by atoms with Crippen LogP contribution in [0.15, 0.2) is 0 Å². The molecule has 1 aliphatic rings. The number of alkyl halides is 1. The van der Waals surface area contributed by atoms with Crippen molar-refractivity contribution in [3.63, 3.8) is 0 Å². The van der Waals surface area contributed by atoms with Crippen LogP contribution < -0.4 is 0 Å². The van der Waals surface area contributed by atoms with Crippen LogP contribution in [0.5, 0.6) is 0 Å². The lowest BCUT2D eigenvalue weighted by Crippen LogP contribution is -2.40. The molecule has 0 saturated carbocycles. The smallest absolute Gasteiger partial charge is 0.409 e. The largest absolute Gasteiger partial charge is 0.450 e. The lowest BCUT2D eigenvalue weighted by molar-refractivity contribution is 0.0909. The first-order chi connectivity index (χ1) is 6.27. The van der Waals surface area contributed by atoms with Crippen LogP contribution in [-0.2, 0) is 4.74 Å². The molecule has 0 N–H and O–H groups in total. The van der Waals surface area contributed by atoms with E-state index in [1.807, 2.05) is 6.92 Å². The van der Waals surface area contributed by atoms with E-state index in [1.54, 1.807) is 4.90 Å². The standard InChI is InChI=1S/C9H16ClNO2/c1-2-13-9(12)11-5-3-4-8(6-10)7-11/h8H,2-7H2,1H3/t8-/m0/s1. The number of carbonyl (C=O) groups excluding carboxylic acids is 1. The summed E-state index contributed by atoms with van der Waals surface area (Å²) in [6.45, 7) is 3.83. The molecule has 13 heavy (non-hydrogen) atoms. The fourth-order valence-corrected chi connectivity index (χ4v) is 1.82. The van der Waals surface area contributed by atoms with E-state index in [0.29, 0.717) is 18.4 Å². The van der Waals surface area contributed by atoms with Crippen LogP contribution in [0.4, 0.5) is 4.79 Å². The van der Waals surface area contributed by atoms with Crippen molar-refractivity contribution in [3.8, 4) is 0 Å². The average Bonchev–Trinajstić information content (AvgIpc) is 2.18. The first kappa shape index (κ1) is 10.6. The first-order valence-corrected chi connectivity index (χ1v) is 5.29. The number of carbonyl (C=O) groups is 1. The molecule has 0 radical (unpaired) electrons. The van der Waals surface area contributed by atoms with Crippen LogP contribution in [0.1, 0.15) is 19.8 Å². The van der Waals surface area contributed by atoms with Gasteiger partial charge in [-0.3, -0.25) is 0 Å². The van der Waals surface area contributed by atoms with Crippen LogP contribution in [0.2, 0.25) is 0 Å². The Hall–Kier alpha value is -0.440. The van der Waals surface area contributed by atoms with Crippen LogP contribution >= 0.6 is 11.6 Å². The molecule has 0 spiro atoms. The highest BCUT2D eigenvalue weighted by molar-refractivity contribution is 6.18. The van der Waals surface area contributed by atoms with Crippen LogP contribution in [0.3, 0.4) is 0 Å². The number of hydrogen-bond acceptors (Lipinski definition) is 2. The number of nitrogens with zero attached hydrogens (tertiary/aromatic N) is 1. The minimum absolute atomic E-state index is 0.197. The molecule has 0 aromatic carbocycles. The van der Waals surface area contributed by atoms with Crippen LogP contribution in [-0.4, -0.2) is 36.6 Å². The molecule has 0 aromatic rings. The molecular formula is C9H16ClNO2. The molecule has 1 amide bonds. The van der Waals surface area contributed by atoms with E-state index in [2.05, 4.69) is 0 Å². The number of likely N-dealkylation sites (tertiary alicyclic amines) is 1. The van der Waals surface area contributed by atoms with Gasteiger partial charge in [-0.1, -0.05) is 0 Å². The highest BCUT2D eigenvalue weighted by Crippen LogP contribution is 2.17. The van der Waals surface area contributed by atoms with Crippen molar-refractivity contribution in [1.82, 2.24) is 4.90 Å². The van der Waals surface area contributed by atoms with E-state index < -0.39 is 0 Å². The Labute approximate surface area is 84.0 Å². The Morgan fingerprint density at radius 3 is 3.08 bits per heavy atom. The zero-order valence-electron chi connectivity index (χ0n) is 7.96. The Morgan fingerprint density at radius 1 is 1.69 bits per heavy atom. The highest BCUT2D eigenvalue weighted by atomic mass is 35.5. The minimum atomic E-state index is -0.197. The number of ether oxygens (including phenoxy) is 1. The van der Waals surface area contributed by atoms with Gasteiger partial charge in [-0.25, -0.2) is 4.79 Å². The predicted molar refractivity (Wildman–Crippen MR) is 52.0 cm³/mol. The van der Waals surface area contributed by atoms with Crippen molar-refractivity contribution < 1.29 is 9.53 Å². The van der Waals surface area contributed by atoms with Gasteiger partial charge in [0, 0.05) is 19.0 Å². The number of amides is 1. The molecule has 0 unspecified atom stereocenters. The molecule has 1 heterocycles. The molecule has 1 atom stereocenters. The Morgan fingerprint density at radius 2 is 2.46 bits per heavy atom. The summed E-state index contributed by atoms with van der Waals surface area (Å²) in [6.07, 6.45) is 1.97. The Balaban J connectivity index is 2.37. The molecule has 1 aliphatic heterocycles. The average molecular weight is 206 g/mol. The Bertz CT molecular complexity index is 175. The van der Waals surface area contributed by atoms with Crippen molar-refractivity contribution in [1.29, 1.82) is 0 Å². The lowest BCUT2D eigenvalue weighted by atomic mass is 10.0. The summed E-state index contributed by atoms with van der Waals surface area (Å²) in [5.74, 6) is 1.08. The highest BCUT2D eigenvalue weighted by Gasteiger charge is 2.23. The van der Waals surface area contributed by atoms with E-state index in [0.717, 1.165) is 25.9 Å². The fraction of sp³-hybridized carbons (Fsp3) is 0.889. The maximum Gasteiger partial charge on any atom is 0.409 e. The monoisotopic (exact) mass is 205 g/mol. The summed E-state index contributed by atoms with van der Waals surface area (Å²) in [7, 11) is 0. The van der Waals surface area contributed by atoms with Crippen molar-refractivity contribution in [3.05, 3.63) is 0 Å². The third kappa shape index (κ3) is 3.07. The number of halogens is 1. The number of hydrogen-bond donors (Lipinski definition) is 0. The van der Waals surface area contributed by atoms with Gasteiger partial charge in [-0.15, -0.1) is 11.6 Å². The van der Waals surface area contributed by atoms with Crippen molar-refractivity contribution in [2.45, 2.75) is 19.8 Å². The third-order valence-electron chi connectivity index (χ3n) is 2.26. The topological polar surface area (TPSA) is 29.5 Å². The summed E-state index contributed by atoms with van der Waals surface area (Å²) < 4.78 is 4.92. The maximum atomic E-state index is 11.3. The molecule has 0 aromatic heterocycles. The normalized spacial score (nSPS) is 22.9. The molecule has 3 nitrogen and oxygen atoms in total. The molecule has 76 valence electrons. The van der Waals surface area contributed by atoms with Gasteiger partial charge < -0.3 is 9.64 Å². The van der Waals surface area contributed by atoms with Crippen molar-refractivity contribution >= 4 is 17.7 Å². The van der Waals surface area contributed by atoms with Crippen LogP contribution in [0.25, 0.3) is 0 Å². The van der Waals surface area contributed by atoms with Gasteiger partial charge >= 0.3 is 6.09 Å². The van der Waals surface area contributed by atoms with Crippen molar-refractivity contribution in [2.24, 2.45) is 5.92 Å². The lowest BCUT2D eigenvalue weighted by Gasteiger charge is -2.30. The maximum absolute atomic E-state index is 11.3. The quantitative estimate of drug-likeness (QED) is 0.647. The van der Waals surface area contributed by atoms with E-state index in [4.69, 9.17) is 16.3 Å². The zero-order chi connectivity index (χ0) is 9.68. The summed E-state index contributed by atoms with van der Waals surface area (Å²) in [4.78, 5) is 13.1. The van der Waals surface area contributed by atoms with Crippen molar-refractivity contribution in [2.75, 3.05) is 25.6 Å². The summed E-state index contributed by atoms with van der Waals surface area (Å²) in [6, 6.07) is 0. The van der Waals surface area contributed by atoms with Crippen LogP contribution in [0, 0.1) is 5.92 Å². The molecule has 1 rings (SSSR count). The molecular weight excluding hydrogens is 190 g/mol. The SMILES string of the molecule is CCOC(=O)N1CCC[C@@H](CCl)C1. The molecule has 0 aliphatic carbocycles. The van der Waals surface area contributed by atoms with Gasteiger partial charge in [0.2, 0.25) is 0 Å². The van der Waals surface area contributed by atoms with Gasteiger partial charge in [0.05, 0.1) is 6.61 Å². The van der Waals surface area contributed by atoms with E-state index in [9.17, 15) is 4.79 Å². The van der Waals surface area contributed by atoms with Gasteiger partial charge in [0.25, 0.3) is 0 Å². The summed E-state index contributed by atoms with van der Waals surface area (Å²) in [5, 5.41) is 0. The third-order valence-corrected chi connectivity index (χ3v) is 2.70. The van der Waals surface area contributed by atoms with Gasteiger partial charge in [0.15, 0.2) is 0 Å². The zero-order valence-corrected chi connectivity index (χ0v) is 8.72. The van der Waals surface area contributed by atoms with Gasteiger partial charge in [0.1, 0.15) is 0 Å². The van der Waals surface area contributed by atoms with E-state index >= 15 is 0 Å². The second-order valence-electron chi connectivity index (χ2n) is 3.31. The molecule has 4 heteroatoms. The number of rotatable bonds is 2. The number of piperidine rings is 1. The fourth-order valence-electron chi connectivity index (χ4n) is 1.57. The second-order valence-corrected chi connectivity index (χ2v) is 3.62. The van der Waals surface area contributed by atoms with Gasteiger partial charge in [-0.05, 0) is 25.7 Å². The molecule has 0 bridgehead atoms. The van der Waals surface area contributed by atoms with E-state index in [-0.39, 0.29) is 6.09 Å². The first-order valence-electron chi connectivity index (χ1n) is 4.75. The Kier molecular flexibility index (Phi) is 4.36. The van der Waals surface area contributed by atoms with E-state index in [1.165, 1.54) is 0 Å². The molecule has 1 fully saturated rings. The minimum Gasteiger partial charge on any atom is -0.450 e. The molecule has 1 saturated heterocycles. The summed E-state index contributed by atoms with van der Waals surface area (Å²) in [5.41, 5.74) is 0. The summed E-state index contributed by atoms with van der Waals surface area (Å²) >= 11 is 5.75.